The molecular weight excluding hydrogens is 324 g/mol. The third kappa shape index (κ3) is 4.69. The molecule has 6 nitrogen and oxygen atoms in total. The van der Waals surface area contributed by atoms with Crippen LogP contribution in [0.4, 0.5) is 0 Å². The van der Waals surface area contributed by atoms with Gasteiger partial charge in [0.05, 0.1) is 23.7 Å². The Morgan fingerprint density at radius 2 is 2.17 bits per heavy atom. The molecule has 1 aliphatic rings. The molecule has 1 N–H and O–H groups in total. The molecule has 7 heteroatoms. The van der Waals surface area contributed by atoms with Crippen molar-refractivity contribution in [3.63, 3.8) is 0 Å². The zero-order chi connectivity index (χ0) is 17.5. The normalized spacial score (nSPS) is 16.3. The van der Waals surface area contributed by atoms with Crippen LogP contribution in [0.15, 0.2) is 4.99 Å². The molecule has 1 aromatic heterocycles. The lowest BCUT2D eigenvalue weighted by atomic mass is 9.97. The highest BCUT2D eigenvalue weighted by Crippen LogP contribution is 2.19. The van der Waals surface area contributed by atoms with Gasteiger partial charge in [-0.05, 0) is 26.2 Å². The van der Waals surface area contributed by atoms with Crippen molar-refractivity contribution in [2.45, 2.75) is 39.5 Å². The summed E-state index contributed by atoms with van der Waals surface area (Å²) in [6.45, 7) is 6.76. The van der Waals surface area contributed by atoms with Crippen LogP contribution in [0.3, 0.4) is 0 Å². The van der Waals surface area contributed by atoms with Crippen molar-refractivity contribution in [1.29, 1.82) is 0 Å². The second kappa shape index (κ2) is 9.01. The number of likely N-dealkylation sites (tertiary alicyclic amines) is 1. The smallest absolute Gasteiger partial charge is 0.308 e. The van der Waals surface area contributed by atoms with Gasteiger partial charge in [0.1, 0.15) is 0 Å². The van der Waals surface area contributed by atoms with Crippen molar-refractivity contribution in [1.82, 2.24) is 15.2 Å². The van der Waals surface area contributed by atoms with Crippen molar-refractivity contribution in [3.05, 3.63) is 15.6 Å². The maximum Gasteiger partial charge on any atom is 0.308 e. The van der Waals surface area contributed by atoms with E-state index in [1.807, 2.05) is 0 Å². The van der Waals surface area contributed by atoms with E-state index in [1.54, 1.807) is 18.4 Å². The quantitative estimate of drug-likeness (QED) is 0.499. The lowest BCUT2D eigenvalue weighted by Gasteiger charge is -2.33. The number of esters is 1. The van der Waals surface area contributed by atoms with E-state index in [4.69, 9.17) is 4.74 Å². The Balaban J connectivity index is 1.79. The Hall–Kier alpha value is -1.63. The molecule has 0 amide bonds. The van der Waals surface area contributed by atoms with E-state index >= 15 is 0 Å². The lowest BCUT2D eigenvalue weighted by Crippen LogP contribution is -2.47. The van der Waals surface area contributed by atoms with Crippen LogP contribution in [0.25, 0.3) is 0 Å². The molecule has 1 saturated heterocycles. The van der Waals surface area contributed by atoms with E-state index in [0.29, 0.717) is 0 Å². The molecule has 24 heavy (non-hydrogen) atoms. The molecule has 0 unspecified atom stereocenters. The van der Waals surface area contributed by atoms with Crippen LogP contribution in [0.5, 0.6) is 0 Å². The maximum absolute atomic E-state index is 11.6. The third-order valence-corrected chi connectivity index (χ3v) is 5.51. The number of ether oxygens (including phenoxy) is 1. The molecule has 0 bridgehead atoms. The van der Waals surface area contributed by atoms with Crippen LogP contribution in [-0.4, -0.2) is 55.6 Å². The van der Waals surface area contributed by atoms with E-state index in [-0.39, 0.29) is 11.9 Å². The Morgan fingerprint density at radius 1 is 1.46 bits per heavy atom. The fourth-order valence-electron chi connectivity index (χ4n) is 3.03. The number of piperidine rings is 1. The highest BCUT2D eigenvalue weighted by Gasteiger charge is 2.26. The van der Waals surface area contributed by atoms with Gasteiger partial charge in [-0.1, -0.05) is 6.92 Å². The molecule has 0 atom stereocenters. The van der Waals surface area contributed by atoms with E-state index in [9.17, 15) is 4.79 Å². The molecule has 0 saturated carbocycles. The average molecular weight is 353 g/mol. The van der Waals surface area contributed by atoms with E-state index < -0.39 is 0 Å². The van der Waals surface area contributed by atoms with E-state index in [1.165, 1.54) is 22.7 Å². The first-order valence-electron chi connectivity index (χ1n) is 8.57. The number of aliphatic imine (C=N–C) groups is 1. The molecule has 2 rings (SSSR count). The number of hydrogen-bond donors (Lipinski definition) is 1. The summed E-state index contributed by atoms with van der Waals surface area (Å²) in [5, 5.41) is 4.60. The zero-order valence-corrected chi connectivity index (χ0v) is 15.9. The molecule has 0 aliphatic carbocycles. The molecule has 1 fully saturated rings. The van der Waals surface area contributed by atoms with Crippen LogP contribution >= 0.6 is 11.3 Å². The topological polar surface area (TPSA) is 66.8 Å². The summed E-state index contributed by atoms with van der Waals surface area (Å²) < 4.78 is 4.84. The Labute approximate surface area is 148 Å². The number of nitrogens with zero attached hydrogens (tertiary/aromatic N) is 3. The fourth-order valence-corrected chi connectivity index (χ4v) is 4.05. The minimum Gasteiger partial charge on any atom is -0.469 e. The molecule has 2 heterocycles. The minimum absolute atomic E-state index is 0.0233. The number of rotatable bonds is 5. The summed E-state index contributed by atoms with van der Waals surface area (Å²) in [6.07, 6.45) is 3.54. The lowest BCUT2D eigenvalue weighted by molar-refractivity contribution is -0.146. The first-order chi connectivity index (χ1) is 11.6. The summed E-state index contributed by atoms with van der Waals surface area (Å²) >= 11 is 1.78. The number of hydrogen-bond acceptors (Lipinski definition) is 5. The van der Waals surface area contributed by atoms with Gasteiger partial charge < -0.3 is 15.0 Å². The number of guanidine groups is 1. The summed E-state index contributed by atoms with van der Waals surface area (Å²) in [7, 11) is 3.26. The predicted molar refractivity (Wildman–Crippen MR) is 97.6 cm³/mol. The van der Waals surface area contributed by atoms with Crippen LogP contribution in [-0.2, 0) is 22.4 Å². The van der Waals surface area contributed by atoms with Crippen molar-refractivity contribution >= 4 is 23.3 Å². The van der Waals surface area contributed by atoms with Gasteiger partial charge >= 0.3 is 5.97 Å². The van der Waals surface area contributed by atoms with Crippen LogP contribution in [0.2, 0.25) is 0 Å². The monoisotopic (exact) mass is 352 g/mol. The highest BCUT2D eigenvalue weighted by atomic mass is 32.1. The van der Waals surface area contributed by atoms with Gasteiger partial charge in [-0.2, -0.15) is 0 Å². The fraction of sp³-hybridized carbons (Fsp3) is 0.706. The van der Waals surface area contributed by atoms with Gasteiger partial charge in [0, 0.05) is 38.0 Å². The van der Waals surface area contributed by atoms with Crippen LogP contribution in [0.1, 0.15) is 35.3 Å². The predicted octanol–water partition coefficient (Wildman–Crippen LogP) is 2.02. The third-order valence-electron chi connectivity index (χ3n) is 4.43. The minimum atomic E-state index is -0.0940. The van der Waals surface area contributed by atoms with Gasteiger partial charge in [0.25, 0.3) is 0 Å². The van der Waals surface area contributed by atoms with Crippen LogP contribution in [0, 0.1) is 12.8 Å². The second-order valence-corrected chi connectivity index (χ2v) is 7.26. The van der Waals surface area contributed by atoms with Gasteiger partial charge in [0.15, 0.2) is 5.96 Å². The number of aryl methyl sites for hydroxylation is 2. The standard InChI is InChI=1S/C17H28N4O2S/c1-5-14-12(2)24-15(20-14)6-9-19-17(18-3)21-10-7-13(8-11-21)16(22)23-4/h13H,5-11H2,1-4H3,(H,18,19). The number of methoxy groups -OCH3 is 1. The van der Waals surface area contributed by atoms with Gasteiger partial charge in [0.2, 0.25) is 0 Å². The Morgan fingerprint density at radius 3 is 2.71 bits per heavy atom. The number of carbonyl (C=O) groups excluding carboxylic acids is 1. The second-order valence-electron chi connectivity index (χ2n) is 5.97. The molecule has 1 aliphatic heterocycles. The Bertz CT molecular complexity index is 577. The highest BCUT2D eigenvalue weighted by molar-refractivity contribution is 7.11. The first-order valence-corrected chi connectivity index (χ1v) is 9.39. The molecule has 0 spiro atoms. The number of nitrogens with one attached hydrogen (secondary N) is 1. The van der Waals surface area contributed by atoms with Crippen LogP contribution < -0.4 is 5.32 Å². The van der Waals surface area contributed by atoms with E-state index in [2.05, 4.69) is 34.0 Å². The average Bonchev–Trinajstić information content (AvgIpc) is 2.98. The summed E-state index contributed by atoms with van der Waals surface area (Å²) in [6, 6.07) is 0. The van der Waals surface area contributed by atoms with Crippen molar-refractivity contribution in [2.75, 3.05) is 33.8 Å². The largest absolute Gasteiger partial charge is 0.469 e. The first kappa shape index (κ1) is 18.7. The molecular formula is C17H28N4O2S. The SMILES string of the molecule is CCc1nc(CCNC(=NC)N2CCC(C(=O)OC)CC2)sc1C. The number of carbonyl (C=O) groups is 1. The van der Waals surface area contributed by atoms with Gasteiger partial charge in [-0.25, -0.2) is 4.98 Å². The number of thiazole rings is 1. The Kier molecular flexibility index (Phi) is 7.02. The number of aromatic nitrogens is 1. The van der Waals surface area contributed by atoms with Gasteiger partial charge in [-0.15, -0.1) is 11.3 Å². The summed E-state index contributed by atoms with van der Waals surface area (Å²) in [5.74, 6) is 0.834. The summed E-state index contributed by atoms with van der Waals surface area (Å²) in [5.41, 5.74) is 1.21. The molecule has 0 aromatic carbocycles. The van der Waals surface area contributed by atoms with Crippen molar-refractivity contribution < 1.29 is 9.53 Å². The summed E-state index contributed by atoms with van der Waals surface area (Å²) in [4.78, 5) is 24.2. The van der Waals surface area contributed by atoms with Gasteiger partial charge in [-0.3, -0.25) is 9.79 Å². The van der Waals surface area contributed by atoms with E-state index in [0.717, 1.165) is 51.3 Å². The molecule has 1 aromatic rings. The molecule has 134 valence electrons. The molecule has 0 radical (unpaired) electrons. The van der Waals surface area contributed by atoms with Crippen molar-refractivity contribution in [3.8, 4) is 0 Å². The van der Waals surface area contributed by atoms with Crippen molar-refractivity contribution in [2.24, 2.45) is 10.9 Å². The maximum atomic E-state index is 11.6. The zero-order valence-electron chi connectivity index (χ0n) is 15.1.